The first kappa shape index (κ1) is 17.4. The molecular weight excluding hydrogens is 360 g/mol. The zero-order chi connectivity index (χ0) is 19.0. The topological polar surface area (TPSA) is 76.9 Å². The Labute approximate surface area is 159 Å². The highest BCUT2D eigenvalue weighted by atomic mass is 32.1. The molecule has 0 aliphatic heterocycles. The minimum atomic E-state index is -0.372. The van der Waals surface area contributed by atoms with Gasteiger partial charge in [0.25, 0.3) is 11.5 Å². The molecule has 0 aliphatic rings. The number of para-hydroxylation sites is 1. The standard InChI is InChI=1S/C20H18N4O2S/c1-12(2)11-24-19(26)14-8-4-3-7-13(14)17(23-24)18(25)22-20-21-15-9-5-6-10-16(15)27-20/h3-10,12H,11H2,1-2H3,(H,21,22,25). The molecule has 0 saturated carbocycles. The molecule has 27 heavy (non-hydrogen) atoms. The van der Waals surface area contributed by atoms with E-state index in [4.69, 9.17) is 0 Å². The molecule has 2 aromatic heterocycles. The van der Waals surface area contributed by atoms with Crippen LogP contribution in [-0.4, -0.2) is 20.7 Å². The number of hydrogen-bond acceptors (Lipinski definition) is 5. The third-order valence-electron chi connectivity index (χ3n) is 4.14. The Morgan fingerprint density at radius 1 is 1.11 bits per heavy atom. The van der Waals surface area contributed by atoms with Gasteiger partial charge in [0, 0.05) is 11.9 Å². The van der Waals surface area contributed by atoms with E-state index in [2.05, 4.69) is 15.4 Å². The third kappa shape index (κ3) is 3.33. The van der Waals surface area contributed by atoms with E-state index in [1.54, 1.807) is 24.3 Å². The minimum Gasteiger partial charge on any atom is -0.296 e. The highest BCUT2D eigenvalue weighted by molar-refractivity contribution is 7.22. The number of thiazole rings is 1. The molecule has 1 amide bonds. The summed E-state index contributed by atoms with van der Waals surface area (Å²) in [7, 11) is 0. The Hall–Kier alpha value is -3.06. The van der Waals surface area contributed by atoms with E-state index in [9.17, 15) is 9.59 Å². The predicted octanol–water partition coefficient (Wildman–Crippen LogP) is 3.91. The smallest absolute Gasteiger partial charge is 0.278 e. The van der Waals surface area contributed by atoms with E-state index in [-0.39, 0.29) is 23.1 Å². The van der Waals surface area contributed by atoms with Gasteiger partial charge in [0.1, 0.15) is 0 Å². The van der Waals surface area contributed by atoms with Gasteiger partial charge in [0.15, 0.2) is 10.8 Å². The fourth-order valence-corrected chi connectivity index (χ4v) is 3.82. The van der Waals surface area contributed by atoms with E-state index < -0.39 is 0 Å². The van der Waals surface area contributed by atoms with Crippen molar-refractivity contribution in [1.29, 1.82) is 0 Å². The lowest BCUT2D eigenvalue weighted by Crippen LogP contribution is -2.29. The van der Waals surface area contributed by atoms with Gasteiger partial charge in [-0.1, -0.05) is 55.5 Å². The van der Waals surface area contributed by atoms with Crippen LogP contribution in [0.1, 0.15) is 24.3 Å². The van der Waals surface area contributed by atoms with E-state index in [1.165, 1.54) is 16.0 Å². The Morgan fingerprint density at radius 3 is 2.56 bits per heavy atom. The molecule has 0 unspecified atom stereocenters. The number of rotatable bonds is 4. The number of anilines is 1. The summed E-state index contributed by atoms with van der Waals surface area (Å²) in [5.74, 6) is -0.140. The van der Waals surface area contributed by atoms with E-state index >= 15 is 0 Å². The number of nitrogens with zero attached hydrogens (tertiary/aromatic N) is 3. The van der Waals surface area contributed by atoms with Crippen molar-refractivity contribution in [2.24, 2.45) is 5.92 Å². The SMILES string of the molecule is CC(C)Cn1nc(C(=O)Nc2nc3ccccc3s2)c2ccccc2c1=O. The lowest BCUT2D eigenvalue weighted by molar-refractivity contribution is 0.102. The van der Waals surface area contributed by atoms with E-state index in [1.807, 2.05) is 38.1 Å². The number of fused-ring (bicyclic) bond motifs is 2. The fourth-order valence-electron chi connectivity index (χ4n) is 2.95. The molecule has 2 heterocycles. The van der Waals surface area contributed by atoms with Crippen LogP contribution in [0.5, 0.6) is 0 Å². The molecule has 0 spiro atoms. The summed E-state index contributed by atoms with van der Waals surface area (Å²) >= 11 is 1.40. The quantitative estimate of drug-likeness (QED) is 0.584. The molecule has 4 aromatic rings. The molecule has 1 N–H and O–H groups in total. The van der Waals surface area contributed by atoms with Crippen LogP contribution in [0.2, 0.25) is 0 Å². The normalized spacial score (nSPS) is 11.4. The summed E-state index contributed by atoms with van der Waals surface area (Å²) < 4.78 is 2.37. The van der Waals surface area contributed by atoms with Crippen molar-refractivity contribution in [3.63, 3.8) is 0 Å². The molecule has 0 radical (unpaired) electrons. The second-order valence-electron chi connectivity index (χ2n) is 6.72. The lowest BCUT2D eigenvalue weighted by atomic mass is 10.1. The summed E-state index contributed by atoms with van der Waals surface area (Å²) in [4.78, 5) is 30.0. The number of aromatic nitrogens is 3. The van der Waals surface area contributed by atoms with Crippen molar-refractivity contribution in [1.82, 2.24) is 14.8 Å². The molecule has 2 aromatic carbocycles. The van der Waals surface area contributed by atoms with Gasteiger partial charge >= 0.3 is 0 Å². The predicted molar refractivity (Wildman–Crippen MR) is 108 cm³/mol. The summed E-state index contributed by atoms with van der Waals surface area (Å²) in [5, 5.41) is 8.73. The van der Waals surface area contributed by atoms with Gasteiger partial charge in [0.05, 0.1) is 15.6 Å². The highest BCUT2D eigenvalue weighted by Crippen LogP contribution is 2.26. The van der Waals surface area contributed by atoms with Crippen molar-refractivity contribution in [2.75, 3.05) is 5.32 Å². The van der Waals surface area contributed by atoms with Gasteiger partial charge in [-0.2, -0.15) is 5.10 Å². The van der Waals surface area contributed by atoms with Crippen LogP contribution in [0.25, 0.3) is 21.0 Å². The molecule has 0 fully saturated rings. The van der Waals surface area contributed by atoms with Gasteiger partial charge in [-0.25, -0.2) is 9.67 Å². The van der Waals surface area contributed by atoms with E-state index in [0.717, 1.165) is 10.2 Å². The van der Waals surface area contributed by atoms with Crippen LogP contribution < -0.4 is 10.9 Å². The van der Waals surface area contributed by atoms with Crippen molar-refractivity contribution in [3.05, 3.63) is 64.6 Å². The first-order valence-corrected chi connectivity index (χ1v) is 9.51. The first-order valence-electron chi connectivity index (χ1n) is 8.69. The van der Waals surface area contributed by atoms with Gasteiger partial charge in [-0.05, 0) is 24.1 Å². The molecule has 136 valence electrons. The van der Waals surface area contributed by atoms with Gasteiger partial charge in [-0.15, -0.1) is 0 Å². The van der Waals surface area contributed by atoms with Gasteiger partial charge in [0.2, 0.25) is 0 Å². The van der Waals surface area contributed by atoms with E-state index in [0.29, 0.717) is 22.4 Å². The number of carbonyl (C=O) groups excluding carboxylic acids is 1. The molecule has 0 atom stereocenters. The highest BCUT2D eigenvalue weighted by Gasteiger charge is 2.18. The zero-order valence-electron chi connectivity index (χ0n) is 15.0. The Morgan fingerprint density at radius 2 is 1.81 bits per heavy atom. The number of hydrogen-bond donors (Lipinski definition) is 1. The molecule has 6 nitrogen and oxygen atoms in total. The molecule has 7 heteroatoms. The molecule has 0 bridgehead atoms. The zero-order valence-corrected chi connectivity index (χ0v) is 15.8. The second kappa shape index (κ2) is 6.92. The number of amides is 1. The molecule has 0 saturated heterocycles. The number of nitrogens with one attached hydrogen (secondary N) is 1. The maximum absolute atomic E-state index is 12.9. The number of carbonyl (C=O) groups is 1. The first-order chi connectivity index (χ1) is 13.0. The van der Waals surface area contributed by atoms with Gasteiger partial charge in [-0.3, -0.25) is 14.9 Å². The Balaban J connectivity index is 1.78. The van der Waals surface area contributed by atoms with Gasteiger partial charge < -0.3 is 0 Å². The monoisotopic (exact) mass is 378 g/mol. The average Bonchev–Trinajstić information content (AvgIpc) is 3.06. The maximum atomic E-state index is 12.9. The third-order valence-corrected chi connectivity index (χ3v) is 5.09. The van der Waals surface area contributed by atoms with Crippen molar-refractivity contribution in [2.45, 2.75) is 20.4 Å². The van der Waals surface area contributed by atoms with Crippen molar-refractivity contribution >= 4 is 43.4 Å². The Bertz CT molecular complexity index is 1180. The second-order valence-corrected chi connectivity index (χ2v) is 7.75. The number of benzene rings is 2. The van der Waals surface area contributed by atoms with Crippen LogP contribution in [0.4, 0.5) is 5.13 Å². The van der Waals surface area contributed by atoms with Crippen LogP contribution in [0.15, 0.2) is 53.3 Å². The average molecular weight is 378 g/mol. The van der Waals surface area contributed by atoms with Crippen LogP contribution >= 0.6 is 11.3 Å². The van der Waals surface area contributed by atoms with Crippen molar-refractivity contribution < 1.29 is 4.79 Å². The Kier molecular flexibility index (Phi) is 4.45. The van der Waals surface area contributed by atoms with Crippen LogP contribution in [0, 0.1) is 5.92 Å². The summed E-state index contributed by atoms with van der Waals surface area (Å²) in [5.41, 5.74) is 0.876. The van der Waals surface area contributed by atoms with Crippen LogP contribution in [0.3, 0.4) is 0 Å². The summed E-state index contributed by atoms with van der Waals surface area (Å²) in [6, 6.07) is 14.8. The minimum absolute atomic E-state index is 0.184. The summed E-state index contributed by atoms with van der Waals surface area (Å²) in [6.07, 6.45) is 0. The maximum Gasteiger partial charge on any atom is 0.278 e. The largest absolute Gasteiger partial charge is 0.296 e. The summed E-state index contributed by atoms with van der Waals surface area (Å²) in [6.45, 7) is 4.46. The fraction of sp³-hybridized carbons (Fsp3) is 0.200. The molecule has 0 aliphatic carbocycles. The van der Waals surface area contributed by atoms with Crippen molar-refractivity contribution in [3.8, 4) is 0 Å². The molecular formula is C20H18N4O2S. The lowest BCUT2D eigenvalue weighted by Gasteiger charge is -2.12. The van der Waals surface area contributed by atoms with Crippen LogP contribution in [-0.2, 0) is 6.54 Å². The molecule has 4 rings (SSSR count).